The minimum absolute atomic E-state index is 0. The maximum atomic E-state index is 2.04. The van der Waals surface area contributed by atoms with Crippen LogP contribution in [0.3, 0.4) is 0 Å². The van der Waals surface area contributed by atoms with E-state index in [-0.39, 0.29) is 13.5 Å². The molecule has 0 aromatic carbocycles. The van der Waals surface area contributed by atoms with E-state index in [9.17, 15) is 0 Å². The molecule has 10 heavy (non-hydrogen) atoms. The summed E-state index contributed by atoms with van der Waals surface area (Å²) in [6, 6.07) is 12.1. The van der Waals surface area contributed by atoms with E-state index >= 15 is 0 Å². The maximum absolute atomic E-state index is 2.04. The van der Waals surface area contributed by atoms with Gasteiger partial charge in [0.15, 0.2) is 0 Å². The summed E-state index contributed by atoms with van der Waals surface area (Å²) in [5.41, 5.74) is 0. The van der Waals surface area contributed by atoms with Crippen molar-refractivity contribution >= 4 is 24.8 Å². The monoisotopic (exact) mass is 170 g/mol. The van der Waals surface area contributed by atoms with Crippen LogP contribution in [-0.2, 0) is 0 Å². The third-order valence-electron chi connectivity index (χ3n) is 0.870. The first-order valence-corrected chi connectivity index (χ1v) is 3.75. The van der Waals surface area contributed by atoms with Crippen molar-refractivity contribution in [3.63, 3.8) is 0 Å². The third kappa shape index (κ3) is 4.41. The molecule has 0 bridgehead atoms. The van der Waals surface area contributed by atoms with Crippen LogP contribution in [-0.4, -0.2) is 0 Å². The molecule has 0 aliphatic carbocycles. The van der Waals surface area contributed by atoms with Crippen molar-refractivity contribution in [3.8, 4) is 0 Å². The first kappa shape index (κ1) is 9.53. The summed E-state index contributed by atoms with van der Waals surface area (Å²) in [5, 5.41) is 4.08. The van der Waals surface area contributed by atoms with Crippen molar-refractivity contribution in [2.24, 2.45) is 0 Å². The SMILES string of the molecule is S.c1ccccsccc1. The van der Waals surface area contributed by atoms with Crippen molar-refractivity contribution in [1.82, 2.24) is 0 Å². The van der Waals surface area contributed by atoms with Gasteiger partial charge >= 0.3 is 0 Å². The summed E-state index contributed by atoms with van der Waals surface area (Å²) >= 11 is 1.68. The molecule has 0 spiro atoms. The highest BCUT2D eigenvalue weighted by Crippen LogP contribution is 1.88. The van der Waals surface area contributed by atoms with E-state index in [0.29, 0.717) is 0 Å². The summed E-state index contributed by atoms with van der Waals surface area (Å²) in [4.78, 5) is 0. The molecule has 1 heterocycles. The Morgan fingerprint density at radius 2 is 1.00 bits per heavy atom. The average molecular weight is 170 g/mol. The van der Waals surface area contributed by atoms with Crippen LogP contribution < -0.4 is 0 Å². The summed E-state index contributed by atoms with van der Waals surface area (Å²) in [6.07, 6.45) is 0. The Kier molecular flexibility index (Phi) is 6.33. The van der Waals surface area contributed by atoms with Gasteiger partial charge < -0.3 is 0 Å². The molecular weight excluding hydrogens is 160 g/mol. The zero-order chi connectivity index (χ0) is 6.36. The fourth-order valence-corrected chi connectivity index (χ4v) is 0.937. The van der Waals surface area contributed by atoms with E-state index < -0.39 is 0 Å². The molecular formula is C8H10S2. The lowest BCUT2D eigenvalue weighted by atomic mass is 10.5. The van der Waals surface area contributed by atoms with Gasteiger partial charge in [0.05, 0.1) is 0 Å². The largest absolute Gasteiger partial charge is 0.197 e. The van der Waals surface area contributed by atoms with Crippen molar-refractivity contribution in [1.29, 1.82) is 0 Å². The van der Waals surface area contributed by atoms with E-state index in [4.69, 9.17) is 0 Å². The lowest BCUT2D eigenvalue weighted by Gasteiger charge is -1.59. The van der Waals surface area contributed by atoms with Crippen molar-refractivity contribution in [3.05, 3.63) is 47.2 Å². The minimum Gasteiger partial charge on any atom is -0.197 e. The Hall–Kier alpha value is -0.470. The zero-order valence-electron chi connectivity index (χ0n) is 5.53. The molecule has 0 amide bonds. The van der Waals surface area contributed by atoms with Crippen LogP contribution in [0.25, 0.3) is 0 Å². The molecule has 0 atom stereocenters. The molecule has 0 unspecified atom stereocenters. The first-order chi connectivity index (χ1) is 4.50. The standard InChI is InChI=1S/C8H8S.H2S/c1-2-4-6-8-9-7-5-3-1;/h1-8H;1H2. The zero-order valence-corrected chi connectivity index (χ0v) is 7.34. The number of hydrogen-bond acceptors (Lipinski definition) is 1. The van der Waals surface area contributed by atoms with Crippen molar-refractivity contribution < 1.29 is 0 Å². The predicted molar refractivity (Wildman–Crippen MR) is 52.3 cm³/mol. The lowest BCUT2D eigenvalue weighted by Crippen LogP contribution is -1.38. The van der Waals surface area contributed by atoms with Crippen LogP contribution >= 0.6 is 24.8 Å². The van der Waals surface area contributed by atoms with Crippen LogP contribution in [0.4, 0.5) is 0 Å². The maximum Gasteiger partial charge on any atom is -0.00937 e. The van der Waals surface area contributed by atoms with Crippen LogP contribution in [0, 0.1) is 0 Å². The Labute approximate surface area is 72.3 Å². The van der Waals surface area contributed by atoms with Gasteiger partial charge in [0.25, 0.3) is 0 Å². The Morgan fingerprint density at radius 3 is 1.50 bits per heavy atom. The molecule has 0 radical (unpaired) electrons. The van der Waals surface area contributed by atoms with Crippen LogP contribution in [0.2, 0.25) is 0 Å². The van der Waals surface area contributed by atoms with Gasteiger partial charge in [-0.3, -0.25) is 0 Å². The van der Waals surface area contributed by atoms with Gasteiger partial charge in [-0.05, 0) is 10.8 Å². The normalized spacial score (nSPS) is 7.20. The smallest absolute Gasteiger partial charge is 0.00937 e. The van der Waals surface area contributed by atoms with Crippen LogP contribution in [0.5, 0.6) is 0 Å². The van der Waals surface area contributed by atoms with Gasteiger partial charge in [-0.1, -0.05) is 36.4 Å². The molecule has 0 nitrogen and oxygen atoms in total. The van der Waals surface area contributed by atoms with E-state index in [0.717, 1.165) is 0 Å². The molecule has 54 valence electrons. The molecule has 0 saturated carbocycles. The molecule has 1 rings (SSSR count). The van der Waals surface area contributed by atoms with E-state index in [2.05, 4.69) is 0 Å². The van der Waals surface area contributed by atoms with Crippen LogP contribution in [0.15, 0.2) is 47.2 Å². The van der Waals surface area contributed by atoms with Crippen molar-refractivity contribution in [2.75, 3.05) is 0 Å². The highest BCUT2D eigenvalue weighted by atomic mass is 32.1. The predicted octanol–water partition coefficient (Wildman–Crippen LogP) is 2.99. The molecule has 1 aromatic heterocycles. The van der Waals surface area contributed by atoms with Gasteiger partial charge in [-0.15, -0.1) is 0 Å². The molecule has 0 N–H and O–H groups in total. The fourth-order valence-electron chi connectivity index (χ4n) is 0.483. The summed E-state index contributed by atoms with van der Waals surface area (Å²) < 4.78 is 0. The van der Waals surface area contributed by atoms with Crippen molar-refractivity contribution in [2.45, 2.75) is 0 Å². The van der Waals surface area contributed by atoms with Gasteiger partial charge in [-0.25, -0.2) is 0 Å². The molecule has 0 aliphatic rings. The highest BCUT2D eigenvalue weighted by molar-refractivity contribution is 7.59. The summed E-state index contributed by atoms with van der Waals surface area (Å²) in [7, 11) is 0. The molecule has 0 aliphatic heterocycles. The third-order valence-corrected chi connectivity index (χ3v) is 1.50. The summed E-state index contributed by atoms with van der Waals surface area (Å²) in [6.45, 7) is 0. The van der Waals surface area contributed by atoms with E-state index in [1.807, 2.05) is 47.2 Å². The fraction of sp³-hybridized carbons (Fsp3) is 0. The number of hydrogen-bond donors (Lipinski definition) is 0. The first-order valence-electron chi connectivity index (χ1n) is 2.80. The van der Waals surface area contributed by atoms with Gasteiger partial charge in [0.1, 0.15) is 0 Å². The quantitative estimate of drug-likeness (QED) is 0.561. The Balaban J connectivity index is 0.000000810. The topological polar surface area (TPSA) is 0 Å². The number of rotatable bonds is 0. The second kappa shape index (κ2) is 6.65. The van der Waals surface area contributed by atoms with Gasteiger partial charge in [0.2, 0.25) is 0 Å². The van der Waals surface area contributed by atoms with E-state index in [1.165, 1.54) is 0 Å². The summed E-state index contributed by atoms with van der Waals surface area (Å²) in [5.74, 6) is 0. The minimum atomic E-state index is 0. The lowest BCUT2D eigenvalue weighted by molar-refractivity contribution is 1.82. The molecule has 0 fully saturated rings. The Bertz CT molecular complexity index is 129. The molecule has 0 saturated heterocycles. The van der Waals surface area contributed by atoms with Gasteiger partial charge in [0, 0.05) is 0 Å². The Morgan fingerprint density at radius 1 is 0.600 bits per heavy atom. The average Bonchev–Trinajstić information content (AvgIpc) is 2.00. The van der Waals surface area contributed by atoms with Gasteiger partial charge in [-0.2, -0.15) is 24.8 Å². The highest BCUT2D eigenvalue weighted by Gasteiger charge is 1.58. The van der Waals surface area contributed by atoms with E-state index in [1.54, 1.807) is 11.3 Å². The molecule has 1 aromatic rings. The second-order valence-electron chi connectivity index (χ2n) is 1.56. The van der Waals surface area contributed by atoms with Crippen LogP contribution in [0.1, 0.15) is 0 Å². The molecule has 2 heteroatoms. The second-order valence-corrected chi connectivity index (χ2v) is 2.38.